The Hall–Kier alpha value is -1.02. The number of nitrogens with zero attached hydrogens (tertiary/aromatic N) is 1. The van der Waals surface area contributed by atoms with Crippen LogP contribution in [0.4, 0.5) is 5.69 Å². The van der Waals surface area contributed by atoms with E-state index in [1.54, 1.807) is 0 Å². The molecule has 0 saturated carbocycles. The maximum atomic E-state index is 3.51. The lowest BCUT2D eigenvalue weighted by molar-refractivity contribution is 0.378. The van der Waals surface area contributed by atoms with Gasteiger partial charge in [-0.15, -0.1) is 0 Å². The Balaban J connectivity index is 1.68. The molecular formula is C14H20N2. The van der Waals surface area contributed by atoms with Crippen LogP contribution in [-0.2, 0) is 6.42 Å². The van der Waals surface area contributed by atoms with E-state index >= 15 is 0 Å². The highest BCUT2D eigenvalue weighted by Crippen LogP contribution is 2.28. The fourth-order valence-corrected chi connectivity index (χ4v) is 2.99. The highest BCUT2D eigenvalue weighted by atomic mass is 15.2. The number of nitrogens with one attached hydrogen (secondary N) is 1. The quantitative estimate of drug-likeness (QED) is 0.814. The maximum Gasteiger partial charge on any atom is 0.0399 e. The predicted molar refractivity (Wildman–Crippen MR) is 68.0 cm³/mol. The first-order valence-electron chi connectivity index (χ1n) is 6.47. The monoisotopic (exact) mass is 216 g/mol. The zero-order chi connectivity index (χ0) is 10.8. The van der Waals surface area contributed by atoms with Gasteiger partial charge in [0.2, 0.25) is 0 Å². The summed E-state index contributed by atoms with van der Waals surface area (Å²) in [5.74, 6) is 0.847. The first kappa shape index (κ1) is 10.2. The molecular weight excluding hydrogens is 196 g/mol. The lowest BCUT2D eigenvalue weighted by atomic mass is 9.99. The molecule has 0 unspecified atom stereocenters. The van der Waals surface area contributed by atoms with Crippen LogP contribution in [0.25, 0.3) is 0 Å². The maximum absolute atomic E-state index is 3.51. The molecule has 1 fully saturated rings. The van der Waals surface area contributed by atoms with E-state index in [1.165, 1.54) is 56.7 Å². The van der Waals surface area contributed by atoms with Crippen molar-refractivity contribution in [3.8, 4) is 0 Å². The zero-order valence-corrected chi connectivity index (χ0v) is 9.78. The number of piperidine rings is 1. The van der Waals surface area contributed by atoms with Gasteiger partial charge in [-0.3, -0.25) is 0 Å². The first-order chi connectivity index (χ1) is 7.93. The molecule has 1 aromatic rings. The van der Waals surface area contributed by atoms with Crippen LogP contribution in [0.3, 0.4) is 0 Å². The molecule has 2 heterocycles. The van der Waals surface area contributed by atoms with Crippen molar-refractivity contribution in [2.75, 3.05) is 31.1 Å². The first-order valence-corrected chi connectivity index (χ1v) is 6.47. The van der Waals surface area contributed by atoms with Gasteiger partial charge in [0.05, 0.1) is 0 Å². The number of para-hydroxylation sites is 1. The van der Waals surface area contributed by atoms with Crippen LogP contribution in [-0.4, -0.2) is 26.2 Å². The summed E-state index contributed by atoms with van der Waals surface area (Å²) in [4.78, 5) is 2.58. The summed E-state index contributed by atoms with van der Waals surface area (Å²) in [5, 5.41) is 3.51. The van der Waals surface area contributed by atoms with E-state index in [1.807, 2.05) is 0 Å². The average Bonchev–Trinajstić information content (AvgIpc) is 2.74. The summed E-state index contributed by atoms with van der Waals surface area (Å²) in [5.41, 5.74) is 3.01. The van der Waals surface area contributed by atoms with Gasteiger partial charge in [-0.2, -0.15) is 0 Å². The molecule has 2 aliphatic rings. The highest BCUT2D eigenvalue weighted by Gasteiger charge is 2.22. The van der Waals surface area contributed by atoms with E-state index in [-0.39, 0.29) is 0 Å². The SMILES string of the molecule is c1ccc2c(c1)CCN2C[C@H]1CCCNC1. The Morgan fingerprint density at radius 2 is 2.25 bits per heavy atom. The third-order valence-electron chi connectivity index (χ3n) is 3.86. The van der Waals surface area contributed by atoms with Gasteiger partial charge >= 0.3 is 0 Å². The molecule has 1 N–H and O–H groups in total. The van der Waals surface area contributed by atoms with Gasteiger partial charge in [0.1, 0.15) is 0 Å². The minimum Gasteiger partial charge on any atom is -0.371 e. The molecule has 16 heavy (non-hydrogen) atoms. The molecule has 0 bridgehead atoms. The van der Waals surface area contributed by atoms with E-state index in [0.29, 0.717) is 0 Å². The smallest absolute Gasteiger partial charge is 0.0399 e. The van der Waals surface area contributed by atoms with Crippen LogP contribution >= 0.6 is 0 Å². The number of hydrogen-bond acceptors (Lipinski definition) is 2. The highest BCUT2D eigenvalue weighted by molar-refractivity contribution is 5.57. The molecule has 1 atom stereocenters. The Kier molecular flexibility index (Phi) is 2.83. The summed E-state index contributed by atoms with van der Waals surface area (Å²) >= 11 is 0. The van der Waals surface area contributed by atoms with Gasteiger partial charge in [0.15, 0.2) is 0 Å². The number of rotatable bonds is 2. The molecule has 0 spiro atoms. The predicted octanol–water partition coefficient (Wildman–Crippen LogP) is 2.05. The summed E-state index contributed by atoms with van der Waals surface area (Å²) in [7, 11) is 0. The van der Waals surface area contributed by atoms with Crippen LogP contribution in [0.15, 0.2) is 24.3 Å². The number of anilines is 1. The molecule has 0 aromatic heterocycles. The van der Waals surface area contributed by atoms with Crippen molar-refractivity contribution in [1.82, 2.24) is 5.32 Å². The number of hydrogen-bond donors (Lipinski definition) is 1. The average molecular weight is 216 g/mol. The second-order valence-electron chi connectivity index (χ2n) is 5.04. The van der Waals surface area contributed by atoms with Gasteiger partial charge in [0, 0.05) is 18.8 Å². The molecule has 3 rings (SSSR count). The second kappa shape index (κ2) is 4.46. The van der Waals surface area contributed by atoms with Crippen LogP contribution in [0.2, 0.25) is 0 Å². The molecule has 1 aromatic carbocycles. The molecule has 2 aliphatic heterocycles. The molecule has 2 nitrogen and oxygen atoms in total. The van der Waals surface area contributed by atoms with Crippen molar-refractivity contribution in [1.29, 1.82) is 0 Å². The molecule has 0 amide bonds. The van der Waals surface area contributed by atoms with E-state index in [2.05, 4.69) is 34.5 Å². The summed E-state index contributed by atoms with van der Waals surface area (Å²) < 4.78 is 0. The third kappa shape index (κ3) is 1.94. The normalized spacial score (nSPS) is 24.5. The molecule has 86 valence electrons. The van der Waals surface area contributed by atoms with E-state index in [9.17, 15) is 0 Å². The summed E-state index contributed by atoms with van der Waals surface area (Å²) in [6, 6.07) is 8.87. The van der Waals surface area contributed by atoms with Gasteiger partial charge in [-0.25, -0.2) is 0 Å². The zero-order valence-electron chi connectivity index (χ0n) is 9.78. The molecule has 0 aliphatic carbocycles. The van der Waals surface area contributed by atoms with Crippen molar-refractivity contribution >= 4 is 5.69 Å². The molecule has 0 radical (unpaired) electrons. The van der Waals surface area contributed by atoms with Crippen LogP contribution in [0.5, 0.6) is 0 Å². The van der Waals surface area contributed by atoms with E-state index < -0.39 is 0 Å². The fourth-order valence-electron chi connectivity index (χ4n) is 2.99. The van der Waals surface area contributed by atoms with Gasteiger partial charge in [-0.05, 0) is 49.9 Å². The third-order valence-corrected chi connectivity index (χ3v) is 3.86. The minimum atomic E-state index is 0.847. The Bertz CT molecular complexity index is 356. The molecule has 1 saturated heterocycles. The van der Waals surface area contributed by atoms with Crippen molar-refractivity contribution in [3.05, 3.63) is 29.8 Å². The number of fused-ring (bicyclic) bond motifs is 1. The van der Waals surface area contributed by atoms with Crippen molar-refractivity contribution in [3.63, 3.8) is 0 Å². The van der Waals surface area contributed by atoms with E-state index in [4.69, 9.17) is 0 Å². The topological polar surface area (TPSA) is 15.3 Å². The van der Waals surface area contributed by atoms with Gasteiger partial charge in [0.25, 0.3) is 0 Å². The van der Waals surface area contributed by atoms with Crippen molar-refractivity contribution in [2.45, 2.75) is 19.3 Å². The summed E-state index contributed by atoms with van der Waals surface area (Å²) in [6.45, 7) is 4.88. The van der Waals surface area contributed by atoms with Gasteiger partial charge < -0.3 is 10.2 Å². The fraction of sp³-hybridized carbons (Fsp3) is 0.571. The van der Waals surface area contributed by atoms with Crippen molar-refractivity contribution < 1.29 is 0 Å². The van der Waals surface area contributed by atoms with Crippen molar-refractivity contribution in [2.24, 2.45) is 5.92 Å². The Labute approximate surface area is 97.6 Å². The van der Waals surface area contributed by atoms with E-state index in [0.717, 1.165) is 5.92 Å². The summed E-state index contributed by atoms with van der Waals surface area (Å²) in [6.07, 6.45) is 3.97. The standard InChI is InChI=1S/C14H20N2/c1-2-6-14-13(5-1)7-9-16(14)11-12-4-3-8-15-10-12/h1-2,5-6,12,15H,3-4,7-11H2/t12-/m0/s1. The lowest BCUT2D eigenvalue weighted by Gasteiger charge is -2.29. The second-order valence-corrected chi connectivity index (χ2v) is 5.04. The lowest BCUT2D eigenvalue weighted by Crippen LogP contribution is -2.37. The Morgan fingerprint density at radius 1 is 1.31 bits per heavy atom. The number of benzene rings is 1. The van der Waals surface area contributed by atoms with Crippen LogP contribution < -0.4 is 10.2 Å². The molecule has 2 heteroatoms. The van der Waals surface area contributed by atoms with Crippen LogP contribution in [0, 0.1) is 5.92 Å². The minimum absolute atomic E-state index is 0.847. The van der Waals surface area contributed by atoms with Crippen LogP contribution in [0.1, 0.15) is 18.4 Å². The Morgan fingerprint density at radius 3 is 3.12 bits per heavy atom. The largest absolute Gasteiger partial charge is 0.371 e. The van der Waals surface area contributed by atoms with Gasteiger partial charge in [-0.1, -0.05) is 18.2 Å².